The Morgan fingerprint density at radius 2 is 1.67 bits per heavy atom. The average molecular weight is 371 g/mol. The summed E-state index contributed by atoms with van der Waals surface area (Å²) in [5.74, 6) is 0.714. The highest BCUT2D eigenvalue weighted by molar-refractivity contribution is 5.96. The van der Waals surface area contributed by atoms with Crippen molar-refractivity contribution < 1.29 is 9.72 Å². The fourth-order valence-corrected chi connectivity index (χ4v) is 4.68. The van der Waals surface area contributed by atoms with Gasteiger partial charge >= 0.3 is 0 Å². The van der Waals surface area contributed by atoms with Crippen molar-refractivity contribution in [2.24, 2.45) is 5.92 Å². The van der Waals surface area contributed by atoms with Gasteiger partial charge in [-0.25, -0.2) is 0 Å². The Hall–Kier alpha value is -2.11. The van der Waals surface area contributed by atoms with Gasteiger partial charge in [-0.2, -0.15) is 0 Å². The van der Waals surface area contributed by atoms with E-state index in [1.807, 2.05) is 0 Å². The molecule has 0 atom stereocenters. The van der Waals surface area contributed by atoms with Crippen molar-refractivity contribution in [3.05, 3.63) is 33.9 Å². The molecular formula is C21H29N3O3. The molecule has 0 unspecified atom stereocenters. The molecule has 0 aromatic heterocycles. The van der Waals surface area contributed by atoms with E-state index < -0.39 is 0 Å². The second kappa shape index (κ2) is 7.49. The first-order valence-electron chi connectivity index (χ1n) is 10.4. The second-order valence-corrected chi connectivity index (χ2v) is 8.51. The SMILES string of the molecule is CC1CCC(N(C(=O)c2ccc(N3CCCC3)c([N+](=O)[O-])c2)C2CC2)CC1. The van der Waals surface area contributed by atoms with Gasteiger partial charge in [-0.3, -0.25) is 14.9 Å². The van der Waals surface area contributed by atoms with E-state index in [0.717, 1.165) is 70.4 Å². The Morgan fingerprint density at radius 1 is 1.07 bits per heavy atom. The summed E-state index contributed by atoms with van der Waals surface area (Å²) in [6.45, 7) is 3.98. The molecule has 1 aromatic rings. The van der Waals surface area contributed by atoms with Crippen molar-refractivity contribution in [2.75, 3.05) is 18.0 Å². The van der Waals surface area contributed by atoms with Gasteiger partial charge < -0.3 is 9.80 Å². The maximum Gasteiger partial charge on any atom is 0.293 e. The number of rotatable bonds is 5. The van der Waals surface area contributed by atoms with Crippen LogP contribution >= 0.6 is 0 Å². The molecule has 1 heterocycles. The molecule has 0 spiro atoms. The Kier molecular flexibility index (Phi) is 5.06. The van der Waals surface area contributed by atoms with Crippen LogP contribution in [0.4, 0.5) is 11.4 Å². The number of nitrogens with zero attached hydrogens (tertiary/aromatic N) is 3. The lowest BCUT2D eigenvalue weighted by atomic mass is 9.86. The maximum atomic E-state index is 13.3. The van der Waals surface area contributed by atoms with Crippen molar-refractivity contribution in [3.63, 3.8) is 0 Å². The van der Waals surface area contributed by atoms with Crippen LogP contribution in [-0.2, 0) is 0 Å². The lowest BCUT2D eigenvalue weighted by Crippen LogP contribution is -2.43. The molecule has 0 bridgehead atoms. The number of hydrogen-bond acceptors (Lipinski definition) is 4. The van der Waals surface area contributed by atoms with Crippen molar-refractivity contribution in [3.8, 4) is 0 Å². The number of carbonyl (C=O) groups excluding carboxylic acids is 1. The van der Waals surface area contributed by atoms with E-state index in [1.54, 1.807) is 12.1 Å². The summed E-state index contributed by atoms with van der Waals surface area (Å²) < 4.78 is 0. The number of benzene rings is 1. The number of amides is 1. The molecule has 4 rings (SSSR count). The molecule has 6 nitrogen and oxygen atoms in total. The second-order valence-electron chi connectivity index (χ2n) is 8.51. The zero-order valence-corrected chi connectivity index (χ0v) is 16.1. The van der Waals surface area contributed by atoms with Crippen LogP contribution in [0.1, 0.15) is 68.6 Å². The smallest absolute Gasteiger partial charge is 0.293 e. The number of nitro benzene ring substituents is 1. The topological polar surface area (TPSA) is 66.7 Å². The van der Waals surface area contributed by atoms with Crippen molar-refractivity contribution in [1.82, 2.24) is 4.90 Å². The van der Waals surface area contributed by atoms with E-state index in [0.29, 0.717) is 23.3 Å². The molecule has 1 aromatic carbocycles. The van der Waals surface area contributed by atoms with Crippen molar-refractivity contribution in [1.29, 1.82) is 0 Å². The quantitative estimate of drug-likeness (QED) is 0.569. The third kappa shape index (κ3) is 3.80. The van der Waals surface area contributed by atoms with Crippen LogP contribution in [0.2, 0.25) is 0 Å². The minimum absolute atomic E-state index is 0.0203. The van der Waals surface area contributed by atoms with E-state index in [-0.39, 0.29) is 16.5 Å². The lowest BCUT2D eigenvalue weighted by Gasteiger charge is -2.36. The van der Waals surface area contributed by atoms with Crippen molar-refractivity contribution >= 4 is 17.3 Å². The van der Waals surface area contributed by atoms with Gasteiger partial charge in [-0.15, -0.1) is 0 Å². The Labute approximate surface area is 160 Å². The summed E-state index contributed by atoms with van der Waals surface area (Å²) in [6.07, 6.45) is 8.68. The predicted molar refractivity (Wildman–Crippen MR) is 105 cm³/mol. The molecule has 3 fully saturated rings. The summed E-state index contributed by atoms with van der Waals surface area (Å²) >= 11 is 0. The predicted octanol–water partition coefficient (Wildman–Crippen LogP) is 4.38. The normalized spacial score (nSPS) is 25.4. The Morgan fingerprint density at radius 3 is 2.22 bits per heavy atom. The average Bonchev–Trinajstić information content (AvgIpc) is 3.34. The van der Waals surface area contributed by atoms with Gasteiger partial charge in [0.1, 0.15) is 5.69 Å². The third-order valence-electron chi connectivity index (χ3n) is 6.42. The fourth-order valence-electron chi connectivity index (χ4n) is 4.68. The van der Waals surface area contributed by atoms with E-state index in [1.165, 1.54) is 6.07 Å². The first-order chi connectivity index (χ1) is 13.0. The van der Waals surface area contributed by atoms with Gasteiger partial charge in [0.2, 0.25) is 0 Å². The van der Waals surface area contributed by atoms with E-state index in [4.69, 9.17) is 0 Å². The van der Waals surface area contributed by atoms with Crippen LogP contribution in [0.15, 0.2) is 18.2 Å². The first kappa shape index (κ1) is 18.3. The van der Waals surface area contributed by atoms with Gasteiger partial charge in [0.25, 0.3) is 11.6 Å². The molecule has 1 amide bonds. The minimum Gasteiger partial charge on any atom is -0.366 e. The molecule has 3 aliphatic rings. The molecule has 2 aliphatic carbocycles. The van der Waals surface area contributed by atoms with Gasteiger partial charge in [0, 0.05) is 36.8 Å². The lowest BCUT2D eigenvalue weighted by molar-refractivity contribution is -0.384. The number of hydrogen-bond donors (Lipinski definition) is 0. The third-order valence-corrected chi connectivity index (χ3v) is 6.42. The Bertz CT molecular complexity index is 717. The number of anilines is 1. The zero-order chi connectivity index (χ0) is 19.0. The van der Waals surface area contributed by atoms with Crippen molar-refractivity contribution in [2.45, 2.75) is 70.4 Å². The van der Waals surface area contributed by atoms with Crippen LogP contribution in [0, 0.1) is 16.0 Å². The van der Waals surface area contributed by atoms with Crippen LogP contribution in [0.3, 0.4) is 0 Å². The molecule has 6 heteroatoms. The van der Waals surface area contributed by atoms with Crippen LogP contribution in [-0.4, -0.2) is 40.9 Å². The fraction of sp³-hybridized carbons (Fsp3) is 0.667. The van der Waals surface area contributed by atoms with Crippen LogP contribution < -0.4 is 4.90 Å². The molecule has 0 N–H and O–H groups in total. The molecular weight excluding hydrogens is 342 g/mol. The molecule has 146 valence electrons. The zero-order valence-electron chi connectivity index (χ0n) is 16.1. The van der Waals surface area contributed by atoms with Crippen LogP contribution in [0.25, 0.3) is 0 Å². The summed E-state index contributed by atoms with van der Waals surface area (Å²) in [4.78, 5) is 28.7. The molecule has 0 radical (unpaired) electrons. The summed E-state index contributed by atoms with van der Waals surface area (Å²) in [6, 6.07) is 5.71. The molecule has 1 aliphatic heterocycles. The number of nitro groups is 1. The maximum absolute atomic E-state index is 13.3. The highest BCUT2D eigenvalue weighted by Crippen LogP contribution is 2.38. The largest absolute Gasteiger partial charge is 0.366 e. The standard InChI is InChI=1S/C21H29N3O3/c1-15-4-7-17(8-5-15)23(18-9-10-18)21(25)16-6-11-19(20(14-16)24(26)27)22-12-2-3-13-22/h6,11,14-15,17-18H,2-5,7-10,12-13H2,1H3. The molecule has 2 saturated carbocycles. The van der Waals surface area contributed by atoms with Gasteiger partial charge in [0.05, 0.1) is 4.92 Å². The first-order valence-corrected chi connectivity index (χ1v) is 10.4. The number of carbonyl (C=O) groups is 1. The highest BCUT2D eigenvalue weighted by atomic mass is 16.6. The summed E-state index contributed by atoms with van der Waals surface area (Å²) in [5, 5.41) is 11.7. The summed E-state index contributed by atoms with van der Waals surface area (Å²) in [7, 11) is 0. The highest BCUT2D eigenvalue weighted by Gasteiger charge is 2.39. The minimum atomic E-state index is -0.339. The van der Waals surface area contributed by atoms with Gasteiger partial charge in [0.15, 0.2) is 0 Å². The van der Waals surface area contributed by atoms with E-state index >= 15 is 0 Å². The van der Waals surface area contributed by atoms with E-state index in [2.05, 4.69) is 16.7 Å². The molecule has 1 saturated heterocycles. The molecule has 27 heavy (non-hydrogen) atoms. The Balaban J connectivity index is 1.60. The van der Waals surface area contributed by atoms with Crippen LogP contribution in [0.5, 0.6) is 0 Å². The summed E-state index contributed by atoms with van der Waals surface area (Å²) in [5.41, 5.74) is 1.18. The van der Waals surface area contributed by atoms with E-state index in [9.17, 15) is 14.9 Å². The van der Waals surface area contributed by atoms with Gasteiger partial charge in [-0.1, -0.05) is 6.92 Å². The van der Waals surface area contributed by atoms with Gasteiger partial charge in [-0.05, 0) is 69.4 Å². The monoisotopic (exact) mass is 371 g/mol.